The van der Waals surface area contributed by atoms with Crippen LogP contribution in [0.1, 0.15) is 13.8 Å². The molecule has 0 radical (unpaired) electrons. The van der Waals surface area contributed by atoms with Gasteiger partial charge in [0.2, 0.25) is 11.1 Å². The van der Waals surface area contributed by atoms with E-state index in [0.29, 0.717) is 19.1 Å². The number of rotatable bonds is 6. The Morgan fingerprint density at radius 2 is 2.00 bits per heavy atom. The normalized spacial score (nSPS) is 10.5. The van der Waals surface area contributed by atoms with Crippen molar-refractivity contribution in [1.29, 1.82) is 0 Å². The molecule has 0 amide bonds. The van der Waals surface area contributed by atoms with Gasteiger partial charge in [0.25, 0.3) is 0 Å². The molecule has 1 heterocycles. The molecule has 0 unspecified atom stereocenters. The van der Waals surface area contributed by atoms with Gasteiger partial charge >= 0.3 is 6.01 Å². The molecule has 0 aliphatic heterocycles. The monoisotopic (exact) mass is 312 g/mol. The molecular formula is C13H14F2N4OS. The zero-order valence-corrected chi connectivity index (χ0v) is 12.4. The Labute approximate surface area is 125 Å². The predicted molar refractivity (Wildman–Crippen MR) is 75.6 cm³/mol. The van der Waals surface area contributed by atoms with Gasteiger partial charge in [-0.1, -0.05) is 0 Å². The first-order valence-electron chi connectivity index (χ1n) is 6.38. The average Bonchev–Trinajstić information content (AvgIpc) is 2.42. The van der Waals surface area contributed by atoms with Gasteiger partial charge in [0, 0.05) is 12.6 Å². The number of halogens is 2. The summed E-state index contributed by atoms with van der Waals surface area (Å²) >= 11 is 0.979. The molecule has 0 spiro atoms. The van der Waals surface area contributed by atoms with Crippen molar-refractivity contribution in [2.24, 2.45) is 0 Å². The molecule has 0 saturated carbocycles. The lowest BCUT2D eigenvalue weighted by Crippen LogP contribution is -2.07. The molecule has 0 saturated heterocycles. The maximum absolute atomic E-state index is 13.7. The number of hydrogen-bond donors (Lipinski definition) is 1. The van der Waals surface area contributed by atoms with Crippen LogP contribution in [0.5, 0.6) is 6.01 Å². The summed E-state index contributed by atoms with van der Waals surface area (Å²) in [6.45, 7) is 4.74. The second kappa shape index (κ2) is 7.16. The van der Waals surface area contributed by atoms with Gasteiger partial charge in [-0.2, -0.15) is 15.0 Å². The van der Waals surface area contributed by atoms with Crippen LogP contribution in [0.15, 0.2) is 28.3 Å². The van der Waals surface area contributed by atoms with Crippen LogP contribution in [0, 0.1) is 11.6 Å². The van der Waals surface area contributed by atoms with Crippen LogP contribution in [0.2, 0.25) is 0 Å². The maximum Gasteiger partial charge on any atom is 0.322 e. The van der Waals surface area contributed by atoms with Crippen molar-refractivity contribution in [2.45, 2.75) is 23.9 Å². The molecule has 1 aromatic carbocycles. The molecule has 0 atom stereocenters. The summed E-state index contributed by atoms with van der Waals surface area (Å²) in [6.07, 6.45) is 0. The Kier molecular flexibility index (Phi) is 5.26. The minimum Gasteiger partial charge on any atom is -0.464 e. The van der Waals surface area contributed by atoms with E-state index in [1.54, 1.807) is 0 Å². The Morgan fingerprint density at radius 3 is 2.67 bits per heavy atom. The van der Waals surface area contributed by atoms with Crippen molar-refractivity contribution in [3.63, 3.8) is 0 Å². The van der Waals surface area contributed by atoms with Gasteiger partial charge in [-0.3, -0.25) is 0 Å². The van der Waals surface area contributed by atoms with Crippen LogP contribution in [-0.2, 0) is 0 Å². The van der Waals surface area contributed by atoms with Crippen LogP contribution < -0.4 is 10.1 Å². The summed E-state index contributed by atoms with van der Waals surface area (Å²) in [7, 11) is 0. The molecule has 2 rings (SSSR count). The second-order valence-electron chi connectivity index (χ2n) is 3.86. The smallest absolute Gasteiger partial charge is 0.322 e. The van der Waals surface area contributed by atoms with E-state index in [4.69, 9.17) is 4.74 Å². The average molecular weight is 312 g/mol. The zero-order chi connectivity index (χ0) is 15.2. The summed E-state index contributed by atoms with van der Waals surface area (Å²) in [5.41, 5.74) is 0. The number of hydrogen-bond acceptors (Lipinski definition) is 6. The Morgan fingerprint density at radius 1 is 1.19 bits per heavy atom. The van der Waals surface area contributed by atoms with Crippen molar-refractivity contribution >= 4 is 17.7 Å². The molecule has 21 heavy (non-hydrogen) atoms. The third-order valence-corrected chi connectivity index (χ3v) is 3.21. The van der Waals surface area contributed by atoms with Gasteiger partial charge < -0.3 is 10.1 Å². The lowest BCUT2D eigenvalue weighted by atomic mass is 10.3. The first-order valence-corrected chi connectivity index (χ1v) is 7.19. The van der Waals surface area contributed by atoms with E-state index < -0.39 is 11.6 Å². The van der Waals surface area contributed by atoms with Gasteiger partial charge in [0.05, 0.1) is 11.5 Å². The highest BCUT2D eigenvalue weighted by Crippen LogP contribution is 2.29. The van der Waals surface area contributed by atoms with Crippen LogP contribution >= 0.6 is 11.8 Å². The Hall–Kier alpha value is -1.96. The van der Waals surface area contributed by atoms with E-state index in [2.05, 4.69) is 20.3 Å². The number of aromatic nitrogens is 3. The van der Waals surface area contributed by atoms with Gasteiger partial charge in [0.15, 0.2) is 0 Å². The summed E-state index contributed by atoms with van der Waals surface area (Å²) in [6, 6.07) is 3.50. The Bertz CT molecular complexity index is 603. The third kappa shape index (κ3) is 4.25. The van der Waals surface area contributed by atoms with Gasteiger partial charge in [-0.25, -0.2) is 8.78 Å². The standard InChI is InChI=1S/C13H14F2N4OS/c1-3-16-11-17-12(20-4-2)19-13(18-11)21-10-6-5-8(14)7-9(10)15/h5-7H,3-4H2,1-2H3,(H,16,17,18,19). The second-order valence-corrected chi connectivity index (χ2v) is 4.87. The summed E-state index contributed by atoms with van der Waals surface area (Å²) in [4.78, 5) is 12.5. The Balaban J connectivity index is 2.29. The van der Waals surface area contributed by atoms with Crippen LogP contribution in [-0.4, -0.2) is 28.1 Å². The lowest BCUT2D eigenvalue weighted by Gasteiger charge is -2.07. The quantitative estimate of drug-likeness (QED) is 0.884. The number of anilines is 1. The van der Waals surface area contributed by atoms with Crippen LogP contribution in [0.25, 0.3) is 0 Å². The minimum absolute atomic E-state index is 0.161. The predicted octanol–water partition coefficient (Wildman–Crippen LogP) is 3.13. The molecule has 8 heteroatoms. The first-order chi connectivity index (χ1) is 10.1. The van der Waals surface area contributed by atoms with E-state index in [0.717, 1.165) is 17.8 Å². The highest BCUT2D eigenvalue weighted by Gasteiger charge is 2.11. The van der Waals surface area contributed by atoms with Crippen molar-refractivity contribution < 1.29 is 13.5 Å². The van der Waals surface area contributed by atoms with E-state index in [-0.39, 0.29) is 16.1 Å². The molecule has 5 nitrogen and oxygen atoms in total. The van der Waals surface area contributed by atoms with Gasteiger partial charge in [-0.15, -0.1) is 0 Å². The van der Waals surface area contributed by atoms with Crippen molar-refractivity contribution in [2.75, 3.05) is 18.5 Å². The summed E-state index contributed by atoms with van der Waals surface area (Å²) in [5, 5.41) is 3.22. The SMILES string of the molecule is CCNc1nc(OCC)nc(Sc2ccc(F)cc2F)n1. The molecular weight excluding hydrogens is 298 g/mol. The fourth-order valence-corrected chi connectivity index (χ4v) is 2.22. The van der Waals surface area contributed by atoms with Gasteiger partial charge in [-0.05, 0) is 37.7 Å². The van der Waals surface area contributed by atoms with E-state index in [1.807, 2.05) is 13.8 Å². The topological polar surface area (TPSA) is 59.9 Å². The third-order valence-electron chi connectivity index (χ3n) is 2.30. The van der Waals surface area contributed by atoms with Crippen molar-refractivity contribution in [3.05, 3.63) is 29.8 Å². The van der Waals surface area contributed by atoms with Crippen LogP contribution in [0.4, 0.5) is 14.7 Å². The molecule has 112 valence electrons. The molecule has 0 aliphatic carbocycles. The molecule has 1 aromatic heterocycles. The number of nitrogens with zero attached hydrogens (tertiary/aromatic N) is 3. The largest absolute Gasteiger partial charge is 0.464 e. The fraction of sp³-hybridized carbons (Fsp3) is 0.308. The van der Waals surface area contributed by atoms with Crippen LogP contribution in [0.3, 0.4) is 0 Å². The highest BCUT2D eigenvalue weighted by molar-refractivity contribution is 7.99. The van der Waals surface area contributed by atoms with E-state index in [1.165, 1.54) is 12.1 Å². The fourth-order valence-electron chi connectivity index (χ4n) is 1.47. The number of benzene rings is 1. The summed E-state index contributed by atoms with van der Waals surface area (Å²) in [5.74, 6) is -0.944. The van der Waals surface area contributed by atoms with Crippen molar-refractivity contribution in [3.8, 4) is 6.01 Å². The van der Waals surface area contributed by atoms with Crippen molar-refractivity contribution in [1.82, 2.24) is 15.0 Å². The number of nitrogens with one attached hydrogen (secondary N) is 1. The van der Waals surface area contributed by atoms with E-state index in [9.17, 15) is 8.78 Å². The summed E-state index contributed by atoms with van der Waals surface area (Å²) < 4.78 is 31.8. The first kappa shape index (κ1) is 15.4. The lowest BCUT2D eigenvalue weighted by molar-refractivity contribution is 0.308. The zero-order valence-electron chi connectivity index (χ0n) is 11.6. The van der Waals surface area contributed by atoms with E-state index >= 15 is 0 Å². The molecule has 0 fully saturated rings. The highest BCUT2D eigenvalue weighted by atomic mass is 32.2. The molecule has 1 N–H and O–H groups in total. The molecule has 0 aliphatic rings. The molecule has 2 aromatic rings. The number of ether oxygens (including phenoxy) is 1. The van der Waals surface area contributed by atoms with Gasteiger partial charge in [0.1, 0.15) is 11.6 Å². The maximum atomic E-state index is 13.7. The minimum atomic E-state index is -0.664. The molecule has 0 bridgehead atoms.